The number of hydrogen-bond acceptors (Lipinski definition) is 7. The molecule has 1 fully saturated rings. The van der Waals surface area contributed by atoms with Crippen LogP contribution in [0.1, 0.15) is 61.2 Å². The van der Waals surface area contributed by atoms with Crippen molar-refractivity contribution in [3.8, 4) is 0 Å². The first kappa shape index (κ1) is 20.7. The van der Waals surface area contributed by atoms with Gasteiger partial charge in [0.1, 0.15) is 10.7 Å². The summed E-state index contributed by atoms with van der Waals surface area (Å²) in [6.07, 6.45) is 9.75. The maximum Gasteiger partial charge on any atom is 0.248 e. The van der Waals surface area contributed by atoms with Crippen LogP contribution < -0.4 is 10.9 Å². The molecule has 0 spiro atoms. The summed E-state index contributed by atoms with van der Waals surface area (Å²) in [5.74, 6) is 0.626. The number of carbonyl (C=O) groups is 2. The number of aryl methyl sites for hydroxylation is 3. The second kappa shape index (κ2) is 8.74. The molecule has 5 rings (SSSR count). The standard InChI is InChI=1S/C21H26N6O2S2/c1-12-22-20-17(14-9-5-6-10-15(14)31-20)18-24-26-21(27(12)18)30-11-16(28)23-25-19(29)13-7-3-2-4-8-13/h13H,2-11H2,1H3,(H,23,28)(H,25,29). The minimum absolute atomic E-state index is 0.00909. The van der Waals surface area contributed by atoms with Crippen LogP contribution in [0.4, 0.5) is 0 Å². The number of thiophene rings is 1. The van der Waals surface area contributed by atoms with Crippen LogP contribution in [0.25, 0.3) is 15.9 Å². The molecule has 1 saturated carbocycles. The maximum absolute atomic E-state index is 12.3. The Morgan fingerprint density at radius 1 is 1.10 bits per heavy atom. The van der Waals surface area contributed by atoms with Gasteiger partial charge in [0.25, 0.3) is 0 Å². The third-order valence-corrected chi connectivity index (χ3v) is 8.34. The predicted octanol–water partition coefficient (Wildman–Crippen LogP) is 3.35. The lowest BCUT2D eigenvalue weighted by atomic mass is 9.89. The van der Waals surface area contributed by atoms with Crippen LogP contribution in [-0.4, -0.2) is 37.1 Å². The Hall–Kier alpha value is -2.20. The van der Waals surface area contributed by atoms with E-state index in [2.05, 4.69) is 21.0 Å². The first-order chi connectivity index (χ1) is 15.1. The van der Waals surface area contributed by atoms with Crippen LogP contribution in [0.3, 0.4) is 0 Å². The first-order valence-electron chi connectivity index (χ1n) is 11.0. The average molecular weight is 459 g/mol. The van der Waals surface area contributed by atoms with Crippen LogP contribution in [0, 0.1) is 12.8 Å². The highest BCUT2D eigenvalue weighted by molar-refractivity contribution is 7.99. The van der Waals surface area contributed by atoms with Gasteiger partial charge in [-0.25, -0.2) is 4.98 Å². The number of hydrazine groups is 1. The molecule has 0 radical (unpaired) electrons. The first-order valence-corrected chi connectivity index (χ1v) is 12.8. The van der Waals surface area contributed by atoms with Crippen molar-refractivity contribution in [2.45, 2.75) is 69.9 Å². The normalized spacial score (nSPS) is 17.1. The molecular weight excluding hydrogens is 432 g/mol. The molecule has 2 aliphatic carbocycles. The molecule has 0 saturated heterocycles. The zero-order valence-corrected chi connectivity index (χ0v) is 19.2. The average Bonchev–Trinajstić information content (AvgIpc) is 3.38. The van der Waals surface area contributed by atoms with E-state index in [1.165, 1.54) is 41.5 Å². The second-order valence-corrected chi connectivity index (χ2v) is 10.4. The van der Waals surface area contributed by atoms with Gasteiger partial charge in [0.15, 0.2) is 10.8 Å². The van der Waals surface area contributed by atoms with Gasteiger partial charge in [-0.2, -0.15) is 0 Å². The van der Waals surface area contributed by atoms with Gasteiger partial charge in [-0.1, -0.05) is 31.0 Å². The van der Waals surface area contributed by atoms with Crippen molar-refractivity contribution >= 4 is 50.8 Å². The number of nitrogens with zero attached hydrogens (tertiary/aromatic N) is 4. The van der Waals surface area contributed by atoms with Crippen molar-refractivity contribution < 1.29 is 9.59 Å². The van der Waals surface area contributed by atoms with Crippen LogP contribution in [0.2, 0.25) is 0 Å². The number of hydrogen-bond donors (Lipinski definition) is 2. The van der Waals surface area contributed by atoms with Gasteiger partial charge in [0, 0.05) is 10.8 Å². The van der Waals surface area contributed by atoms with Gasteiger partial charge in [0.2, 0.25) is 11.8 Å². The quantitative estimate of drug-likeness (QED) is 0.459. The molecule has 31 heavy (non-hydrogen) atoms. The summed E-state index contributed by atoms with van der Waals surface area (Å²) in [4.78, 5) is 31.8. The van der Waals surface area contributed by atoms with Crippen molar-refractivity contribution in [1.29, 1.82) is 0 Å². The lowest BCUT2D eigenvalue weighted by Crippen LogP contribution is -2.45. The van der Waals surface area contributed by atoms with E-state index >= 15 is 0 Å². The SMILES string of the molecule is Cc1nc2sc3c(c2c2nnc(SCC(=O)NNC(=O)C4CCCCC4)n12)CCCC3. The Bertz CT molecular complexity index is 1150. The number of thioether (sulfide) groups is 1. The summed E-state index contributed by atoms with van der Waals surface area (Å²) in [6, 6.07) is 0. The fourth-order valence-corrected chi connectivity index (χ4v) is 6.72. The number of nitrogens with one attached hydrogen (secondary N) is 2. The van der Waals surface area contributed by atoms with Gasteiger partial charge in [-0.15, -0.1) is 21.5 Å². The molecule has 2 amide bonds. The zero-order valence-electron chi connectivity index (χ0n) is 17.6. The lowest BCUT2D eigenvalue weighted by molar-refractivity contribution is -0.131. The zero-order chi connectivity index (χ0) is 21.4. The van der Waals surface area contributed by atoms with E-state index in [-0.39, 0.29) is 23.5 Å². The smallest absolute Gasteiger partial charge is 0.248 e. The monoisotopic (exact) mass is 458 g/mol. The summed E-state index contributed by atoms with van der Waals surface area (Å²) in [5, 5.41) is 10.6. The van der Waals surface area contributed by atoms with Gasteiger partial charge >= 0.3 is 0 Å². The third kappa shape index (κ3) is 4.03. The maximum atomic E-state index is 12.3. The molecule has 3 aromatic heterocycles. The van der Waals surface area contributed by atoms with Crippen molar-refractivity contribution in [2.24, 2.45) is 5.92 Å². The second-order valence-electron chi connectivity index (χ2n) is 8.35. The molecule has 0 aromatic carbocycles. The topological polar surface area (TPSA) is 101 Å². The highest BCUT2D eigenvalue weighted by Crippen LogP contribution is 2.38. The molecular formula is C21H26N6O2S2. The summed E-state index contributed by atoms with van der Waals surface area (Å²) in [7, 11) is 0. The minimum Gasteiger partial charge on any atom is -0.273 e. The van der Waals surface area contributed by atoms with Crippen LogP contribution in [0.15, 0.2) is 5.16 Å². The molecule has 0 bridgehead atoms. The number of aromatic nitrogens is 4. The van der Waals surface area contributed by atoms with Gasteiger partial charge in [-0.05, 0) is 51.0 Å². The Kier molecular flexibility index (Phi) is 5.83. The van der Waals surface area contributed by atoms with E-state index in [0.29, 0.717) is 5.16 Å². The highest BCUT2D eigenvalue weighted by Gasteiger charge is 2.24. The molecule has 2 N–H and O–H groups in total. The molecule has 3 heterocycles. The Morgan fingerprint density at radius 3 is 2.74 bits per heavy atom. The molecule has 8 nitrogen and oxygen atoms in total. The van der Waals surface area contributed by atoms with E-state index in [9.17, 15) is 9.59 Å². The molecule has 3 aromatic rings. The Balaban J connectivity index is 1.28. The molecule has 0 atom stereocenters. The molecule has 164 valence electrons. The summed E-state index contributed by atoms with van der Waals surface area (Å²) in [6.45, 7) is 1.95. The highest BCUT2D eigenvalue weighted by atomic mass is 32.2. The van der Waals surface area contributed by atoms with E-state index in [4.69, 9.17) is 4.98 Å². The van der Waals surface area contributed by atoms with Crippen LogP contribution in [-0.2, 0) is 22.4 Å². The summed E-state index contributed by atoms with van der Waals surface area (Å²) < 4.78 is 1.95. The fraction of sp³-hybridized carbons (Fsp3) is 0.571. The van der Waals surface area contributed by atoms with Crippen molar-refractivity contribution in [2.75, 3.05) is 5.75 Å². The van der Waals surface area contributed by atoms with E-state index < -0.39 is 0 Å². The third-order valence-electron chi connectivity index (χ3n) is 6.23. The largest absolute Gasteiger partial charge is 0.273 e. The molecule has 0 unspecified atom stereocenters. The Morgan fingerprint density at radius 2 is 1.90 bits per heavy atom. The molecule has 2 aliphatic rings. The summed E-state index contributed by atoms with van der Waals surface area (Å²) >= 11 is 3.08. The van der Waals surface area contributed by atoms with Crippen molar-refractivity contribution in [3.63, 3.8) is 0 Å². The van der Waals surface area contributed by atoms with Crippen molar-refractivity contribution in [3.05, 3.63) is 16.3 Å². The van der Waals surface area contributed by atoms with Gasteiger partial charge in [-0.3, -0.25) is 24.8 Å². The molecule has 10 heteroatoms. The Labute approximate surface area is 188 Å². The van der Waals surface area contributed by atoms with E-state index in [1.807, 2.05) is 11.3 Å². The minimum atomic E-state index is -0.259. The van der Waals surface area contributed by atoms with E-state index in [1.54, 1.807) is 11.3 Å². The summed E-state index contributed by atoms with van der Waals surface area (Å²) in [5.41, 5.74) is 7.32. The predicted molar refractivity (Wildman–Crippen MR) is 121 cm³/mol. The van der Waals surface area contributed by atoms with Gasteiger partial charge in [0.05, 0.1) is 11.1 Å². The van der Waals surface area contributed by atoms with Crippen LogP contribution in [0.5, 0.6) is 0 Å². The molecule has 0 aliphatic heterocycles. The number of amides is 2. The lowest BCUT2D eigenvalue weighted by Gasteiger charge is -2.20. The number of fused-ring (bicyclic) bond motifs is 5. The number of rotatable bonds is 4. The van der Waals surface area contributed by atoms with Crippen LogP contribution >= 0.6 is 23.1 Å². The van der Waals surface area contributed by atoms with E-state index in [0.717, 1.165) is 60.2 Å². The fourth-order valence-electron chi connectivity index (χ4n) is 4.64. The number of carbonyl (C=O) groups excluding carboxylic acids is 2. The van der Waals surface area contributed by atoms with Crippen molar-refractivity contribution in [1.82, 2.24) is 30.4 Å². The van der Waals surface area contributed by atoms with Gasteiger partial charge < -0.3 is 0 Å².